The Labute approximate surface area is 212 Å². The van der Waals surface area contributed by atoms with E-state index in [9.17, 15) is 17.6 Å². The van der Waals surface area contributed by atoms with Crippen LogP contribution in [0.2, 0.25) is 0 Å². The van der Waals surface area contributed by atoms with Crippen molar-refractivity contribution in [3.8, 4) is 5.13 Å². The Morgan fingerprint density at radius 3 is 2.69 bits per heavy atom. The normalized spacial score (nSPS) is 16.9. The maximum atomic E-state index is 13.6. The zero-order chi connectivity index (χ0) is 25.4. The van der Waals surface area contributed by atoms with E-state index in [2.05, 4.69) is 15.4 Å². The molecule has 8 nitrogen and oxygen atoms in total. The second-order valence-corrected chi connectivity index (χ2v) is 11.7. The quantitative estimate of drug-likeness (QED) is 0.375. The molecular weight excluding hydrogens is 501 g/mol. The number of benzene rings is 2. The third-order valence-corrected chi connectivity index (χ3v) is 9.32. The highest BCUT2D eigenvalue weighted by Gasteiger charge is 2.32. The predicted octanol–water partition coefficient (Wildman–Crippen LogP) is 5.14. The van der Waals surface area contributed by atoms with Gasteiger partial charge in [-0.3, -0.25) is 4.79 Å². The zero-order valence-corrected chi connectivity index (χ0v) is 21.6. The lowest BCUT2D eigenvalue weighted by atomic mass is 10.0. The van der Waals surface area contributed by atoms with Crippen LogP contribution in [0.15, 0.2) is 53.4 Å². The molecule has 0 bridgehead atoms. The average molecular weight is 528 g/mol. The summed E-state index contributed by atoms with van der Waals surface area (Å²) in [5.74, 6) is -0.344. The van der Waals surface area contributed by atoms with E-state index in [0.29, 0.717) is 39.0 Å². The van der Waals surface area contributed by atoms with Gasteiger partial charge in [0.2, 0.25) is 15.2 Å². The molecule has 2 aromatic carbocycles. The molecule has 11 heteroatoms. The summed E-state index contributed by atoms with van der Waals surface area (Å²) in [5, 5.41) is 7.76. The second kappa shape index (κ2) is 9.72. The Balaban J connectivity index is 1.37. The predicted molar refractivity (Wildman–Crippen MR) is 138 cm³/mol. The Hall–Kier alpha value is -3.15. The van der Waals surface area contributed by atoms with Crippen molar-refractivity contribution in [1.82, 2.24) is 19.1 Å². The van der Waals surface area contributed by atoms with Crippen LogP contribution in [0.25, 0.3) is 15.3 Å². The first-order valence-corrected chi connectivity index (χ1v) is 14.1. The van der Waals surface area contributed by atoms with Crippen molar-refractivity contribution in [3.63, 3.8) is 0 Å². The molecule has 36 heavy (non-hydrogen) atoms. The van der Waals surface area contributed by atoms with Gasteiger partial charge in [0.15, 0.2) is 0 Å². The van der Waals surface area contributed by atoms with E-state index in [1.165, 1.54) is 52.4 Å². The molecule has 1 aliphatic heterocycles. The zero-order valence-electron chi connectivity index (χ0n) is 19.9. The first kappa shape index (κ1) is 24.5. The van der Waals surface area contributed by atoms with Crippen molar-refractivity contribution >= 4 is 43.3 Å². The number of aryl methyl sites for hydroxylation is 1. The van der Waals surface area contributed by atoms with Crippen LogP contribution in [-0.2, 0) is 10.0 Å². The maximum absolute atomic E-state index is 13.6. The van der Waals surface area contributed by atoms with E-state index in [-0.39, 0.29) is 16.8 Å². The Bertz CT molecular complexity index is 1530. The van der Waals surface area contributed by atoms with Gasteiger partial charge in [-0.15, -0.1) is 0 Å². The van der Waals surface area contributed by atoms with Gasteiger partial charge in [-0.05, 0) is 68.7 Å². The third kappa shape index (κ3) is 4.65. The number of thiazole rings is 1. The van der Waals surface area contributed by atoms with Crippen molar-refractivity contribution in [1.29, 1.82) is 0 Å². The molecule has 3 heterocycles. The lowest BCUT2D eigenvalue weighted by Gasteiger charge is -2.34. The molecule has 1 atom stereocenters. The molecule has 0 aliphatic carbocycles. The molecule has 1 aliphatic rings. The first-order chi connectivity index (χ1) is 17.3. The fourth-order valence-electron chi connectivity index (χ4n) is 4.51. The van der Waals surface area contributed by atoms with Crippen molar-refractivity contribution < 1.29 is 17.6 Å². The van der Waals surface area contributed by atoms with Gasteiger partial charge in [-0.1, -0.05) is 24.7 Å². The van der Waals surface area contributed by atoms with Crippen LogP contribution in [0.4, 0.5) is 10.2 Å². The van der Waals surface area contributed by atoms with Crippen molar-refractivity contribution in [2.45, 2.75) is 50.5 Å². The Kier molecular flexibility index (Phi) is 6.62. The summed E-state index contributed by atoms with van der Waals surface area (Å²) in [4.78, 5) is 17.7. The van der Waals surface area contributed by atoms with Crippen LogP contribution in [-0.4, -0.2) is 46.0 Å². The molecule has 0 radical (unpaired) electrons. The highest BCUT2D eigenvalue weighted by Crippen LogP contribution is 2.29. The topological polar surface area (TPSA) is 97.2 Å². The molecule has 1 fully saturated rings. The fraction of sp³-hybridized carbons (Fsp3) is 0.320. The molecule has 1 amide bonds. The van der Waals surface area contributed by atoms with Crippen LogP contribution < -0.4 is 5.32 Å². The number of piperidine rings is 1. The Morgan fingerprint density at radius 1 is 1.17 bits per heavy atom. The van der Waals surface area contributed by atoms with Gasteiger partial charge in [0.05, 0.1) is 20.8 Å². The summed E-state index contributed by atoms with van der Waals surface area (Å²) in [7, 11) is -3.63. The monoisotopic (exact) mass is 527 g/mol. The average Bonchev–Trinajstić information content (AvgIpc) is 3.46. The molecule has 188 valence electrons. The summed E-state index contributed by atoms with van der Waals surface area (Å²) in [6.07, 6.45) is 3.53. The van der Waals surface area contributed by atoms with E-state index in [1.54, 1.807) is 23.4 Å². The first-order valence-electron chi connectivity index (χ1n) is 11.8. The van der Waals surface area contributed by atoms with Crippen molar-refractivity contribution in [2.75, 3.05) is 11.9 Å². The molecule has 1 saturated heterocycles. The molecule has 4 aromatic rings. The van der Waals surface area contributed by atoms with Crippen molar-refractivity contribution in [2.24, 2.45) is 0 Å². The lowest BCUT2D eigenvalue weighted by Crippen LogP contribution is -2.43. The van der Waals surface area contributed by atoms with Gasteiger partial charge in [0, 0.05) is 24.2 Å². The van der Waals surface area contributed by atoms with Gasteiger partial charge in [0.25, 0.3) is 5.91 Å². The smallest absolute Gasteiger partial charge is 0.256 e. The number of hydrogen-bond acceptors (Lipinski definition) is 6. The van der Waals surface area contributed by atoms with E-state index >= 15 is 0 Å². The van der Waals surface area contributed by atoms with E-state index in [1.807, 2.05) is 6.92 Å². The standard InChI is InChI=1S/C25H26FN5O3S2/c1-3-19-6-4-5-13-30(19)36(33,34)20-10-7-17(8-11-20)24(32)28-23-14-16(2)29-31(23)25-27-21-12-9-18(26)15-22(21)35-25/h7-12,14-15,19H,3-6,13H2,1-2H3,(H,28,32). The molecular formula is C25H26FN5O3S2. The third-order valence-electron chi connectivity index (χ3n) is 6.36. The molecule has 0 spiro atoms. The van der Waals surface area contributed by atoms with Crippen molar-refractivity contribution in [3.05, 3.63) is 65.6 Å². The number of carbonyl (C=O) groups is 1. The van der Waals surface area contributed by atoms with Gasteiger partial charge in [-0.2, -0.15) is 14.1 Å². The minimum atomic E-state index is -3.63. The van der Waals surface area contributed by atoms with Gasteiger partial charge >= 0.3 is 0 Å². The van der Waals surface area contributed by atoms with Crippen LogP contribution in [0, 0.1) is 12.7 Å². The highest BCUT2D eigenvalue weighted by molar-refractivity contribution is 7.89. The number of nitrogens with one attached hydrogen (secondary N) is 1. The van der Waals surface area contributed by atoms with Crippen LogP contribution in [0.5, 0.6) is 0 Å². The number of sulfonamides is 1. The lowest BCUT2D eigenvalue weighted by molar-refractivity contribution is 0.102. The van der Waals surface area contributed by atoms with Crippen LogP contribution in [0.3, 0.4) is 0 Å². The molecule has 1 unspecified atom stereocenters. The second-order valence-electron chi connectivity index (χ2n) is 8.84. The largest absolute Gasteiger partial charge is 0.306 e. The van der Waals surface area contributed by atoms with E-state index < -0.39 is 15.9 Å². The summed E-state index contributed by atoms with van der Waals surface area (Å²) < 4.78 is 43.8. The summed E-state index contributed by atoms with van der Waals surface area (Å²) in [6.45, 7) is 4.32. The molecule has 2 aromatic heterocycles. The summed E-state index contributed by atoms with van der Waals surface area (Å²) in [6, 6.07) is 12.1. The van der Waals surface area contributed by atoms with E-state index in [0.717, 1.165) is 25.7 Å². The number of aromatic nitrogens is 3. The number of hydrogen-bond donors (Lipinski definition) is 1. The number of nitrogens with zero attached hydrogens (tertiary/aromatic N) is 4. The number of amides is 1. The fourth-order valence-corrected chi connectivity index (χ4v) is 7.24. The summed E-state index contributed by atoms with van der Waals surface area (Å²) >= 11 is 1.26. The number of carbonyl (C=O) groups excluding carboxylic acids is 1. The Morgan fingerprint density at radius 2 is 1.94 bits per heavy atom. The van der Waals surface area contributed by atoms with Crippen LogP contribution >= 0.6 is 11.3 Å². The molecule has 0 saturated carbocycles. The molecule has 5 rings (SSSR count). The van der Waals surface area contributed by atoms with Gasteiger partial charge in [-0.25, -0.2) is 17.8 Å². The van der Waals surface area contributed by atoms with Crippen LogP contribution in [0.1, 0.15) is 48.7 Å². The van der Waals surface area contributed by atoms with Gasteiger partial charge in [0.1, 0.15) is 11.6 Å². The number of anilines is 1. The maximum Gasteiger partial charge on any atom is 0.256 e. The number of fused-ring (bicyclic) bond motifs is 1. The minimum absolute atomic E-state index is 0.00857. The number of rotatable bonds is 6. The molecule has 1 N–H and O–H groups in total. The summed E-state index contributed by atoms with van der Waals surface area (Å²) in [5.41, 5.74) is 1.62. The highest BCUT2D eigenvalue weighted by atomic mass is 32.2. The SMILES string of the molecule is CCC1CCCCN1S(=O)(=O)c1ccc(C(=O)Nc2cc(C)nn2-c2nc3ccc(F)cc3s2)cc1. The van der Waals surface area contributed by atoms with Gasteiger partial charge < -0.3 is 5.32 Å². The van der Waals surface area contributed by atoms with E-state index in [4.69, 9.17) is 0 Å². The number of halogens is 1. The minimum Gasteiger partial charge on any atom is -0.306 e.